The summed E-state index contributed by atoms with van der Waals surface area (Å²) in [6, 6.07) is 0. The van der Waals surface area contributed by atoms with Crippen molar-refractivity contribution in [3.05, 3.63) is 0 Å². The molecular weight excluding hydrogens is 1200 g/mol. The Balaban J connectivity index is 5.21. The van der Waals surface area contributed by atoms with Crippen LogP contribution in [0.5, 0.6) is 0 Å². The molecule has 0 radical (unpaired) electrons. The molecule has 0 spiro atoms. The summed E-state index contributed by atoms with van der Waals surface area (Å²) in [6.45, 7) is 9.55. The minimum atomic E-state index is -4.95. The van der Waals surface area contributed by atoms with Crippen LogP contribution in [-0.4, -0.2) is 96.7 Å². The van der Waals surface area contributed by atoms with Crippen LogP contribution in [-0.2, 0) is 65.4 Å². The molecular formula is C72H140O17P2. The van der Waals surface area contributed by atoms with Crippen molar-refractivity contribution in [2.45, 2.75) is 387 Å². The summed E-state index contributed by atoms with van der Waals surface area (Å²) in [4.78, 5) is 72.5. The van der Waals surface area contributed by atoms with Gasteiger partial charge in [0.05, 0.1) is 26.4 Å². The Morgan fingerprint density at radius 1 is 0.308 bits per heavy atom. The highest BCUT2D eigenvalue weighted by atomic mass is 31.2. The molecule has 0 heterocycles. The first-order valence-electron chi connectivity index (χ1n) is 37.6. The number of aliphatic hydroxyl groups excluding tert-OH is 1. The number of aliphatic hydroxyl groups is 1. The monoisotopic (exact) mass is 1340 g/mol. The lowest BCUT2D eigenvalue weighted by Crippen LogP contribution is -2.30. The van der Waals surface area contributed by atoms with Gasteiger partial charge in [0.2, 0.25) is 0 Å². The highest BCUT2D eigenvalue weighted by molar-refractivity contribution is 7.47. The molecule has 0 aliphatic rings. The number of hydrogen-bond acceptors (Lipinski definition) is 15. The molecule has 0 aliphatic heterocycles. The minimum Gasteiger partial charge on any atom is -0.462 e. The van der Waals surface area contributed by atoms with Crippen molar-refractivity contribution in [1.29, 1.82) is 0 Å². The Morgan fingerprint density at radius 3 is 0.780 bits per heavy atom. The van der Waals surface area contributed by atoms with Gasteiger partial charge < -0.3 is 33.8 Å². The average molecular weight is 1340 g/mol. The fourth-order valence-corrected chi connectivity index (χ4v) is 12.5. The zero-order valence-corrected chi connectivity index (χ0v) is 60.9. The lowest BCUT2D eigenvalue weighted by atomic mass is 9.99. The number of unbranched alkanes of at least 4 members (excludes halogenated alkanes) is 39. The highest BCUT2D eigenvalue weighted by Crippen LogP contribution is 2.45. The summed E-state index contributed by atoms with van der Waals surface area (Å²) in [5.74, 6) is -0.547. The molecule has 17 nitrogen and oxygen atoms in total. The van der Waals surface area contributed by atoms with E-state index in [0.717, 1.165) is 115 Å². The lowest BCUT2D eigenvalue weighted by Gasteiger charge is -2.21. The largest absolute Gasteiger partial charge is 0.472 e. The lowest BCUT2D eigenvalue weighted by molar-refractivity contribution is -0.161. The van der Waals surface area contributed by atoms with E-state index in [1.54, 1.807) is 0 Å². The van der Waals surface area contributed by atoms with Crippen molar-refractivity contribution in [2.75, 3.05) is 39.6 Å². The van der Waals surface area contributed by atoms with Gasteiger partial charge in [-0.25, -0.2) is 9.13 Å². The Morgan fingerprint density at radius 2 is 0.527 bits per heavy atom. The number of carbonyl (C=O) groups excluding carboxylic acids is 4. The van der Waals surface area contributed by atoms with E-state index in [1.807, 2.05) is 0 Å². The standard InChI is InChI=1S/C72H140O17P2/c1-7-11-13-15-17-18-19-20-21-22-23-24-25-26-31-38-44-50-56-71(76)88-68(61-83-70(75)55-49-43-37-30-28-27-29-35-40-46-52-64(5)9-3)63-87-91(80,81)85-59-66(73)58-84-90(78,79)86-62-67(60-82-69(74)54-48-42-34-16-14-12-8-2)89-72(77)57-51-45-39-33-32-36-41-47-53-65(6)10-4/h64-68,73H,7-63H2,1-6H3,(H,78,79)(H,80,81)/t64?,65?,66-,67+,68+/m0/s1. The summed E-state index contributed by atoms with van der Waals surface area (Å²) in [5.41, 5.74) is 0. The molecule has 540 valence electrons. The maximum atomic E-state index is 13.0. The normalized spacial score (nSPS) is 14.7. The summed E-state index contributed by atoms with van der Waals surface area (Å²) < 4.78 is 68.3. The maximum absolute atomic E-state index is 13.0. The molecule has 91 heavy (non-hydrogen) atoms. The van der Waals surface area contributed by atoms with Crippen LogP contribution < -0.4 is 0 Å². The molecule has 7 atom stereocenters. The molecule has 0 rings (SSSR count). The van der Waals surface area contributed by atoms with E-state index in [0.29, 0.717) is 25.7 Å². The van der Waals surface area contributed by atoms with Crippen LogP contribution in [0.3, 0.4) is 0 Å². The van der Waals surface area contributed by atoms with Crippen LogP contribution >= 0.6 is 15.6 Å². The third-order valence-electron chi connectivity index (χ3n) is 17.4. The molecule has 0 saturated heterocycles. The molecule has 0 aliphatic carbocycles. The van der Waals surface area contributed by atoms with Crippen LogP contribution in [0.4, 0.5) is 0 Å². The van der Waals surface area contributed by atoms with E-state index in [1.165, 1.54) is 173 Å². The molecule has 0 aromatic carbocycles. The minimum absolute atomic E-state index is 0.105. The van der Waals surface area contributed by atoms with Gasteiger partial charge in [-0.2, -0.15) is 0 Å². The third-order valence-corrected chi connectivity index (χ3v) is 19.3. The van der Waals surface area contributed by atoms with Gasteiger partial charge >= 0.3 is 39.5 Å². The van der Waals surface area contributed by atoms with E-state index >= 15 is 0 Å². The quantitative estimate of drug-likeness (QED) is 0.0222. The number of ether oxygens (including phenoxy) is 4. The highest BCUT2D eigenvalue weighted by Gasteiger charge is 2.30. The predicted octanol–water partition coefficient (Wildman–Crippen LogP) is 20.8. The van der Waals surface area contributed by atoms with Gasteiger partial charge in [-0.3, -0.25) is 37.3 Å². The Labute approximate surface area is 556 Å². The summed E-state index contributed by atoms with van der Waals surface area (Å²) in [6.07, 6.45) is 50.0. The van der Waals surface area contributed by atoms with Crippen molar-refractivity contribution in [2.24, 2.45) is 11.8 Å². The van der Waals surface area contributed by atoms with E-state index in [4.69, 9.17) is 37.0 Å². The van der Waals surface area contributed by atoms with Gasteiger partial charge in [-0.05, 0) is 37.5 Å². The van der Waals surface area contributed by atoms with Gasteiger partial charge in [-0.1, -0.05) is 318 Å². The first kappa shape index (κ1) is 89.1. The van der Waals surface area contributed by atoms with Gasteiger partial charge in [0.25, 0.3) is 0 Å². The third kappa shape index (κ3) is 63.9. The first-order valence-corrected chi connectivity index (χ1v) is 40.6. The fraction of sp³-hybridized carbons (Fsp3) is 0.944. The van der Waals surface area contributed by atoms with Crippen molar-refractivity contribution < 1.29 is 80.2 Å². The van der Waals surface area contributed by atoms with E-state index in [-0.39, 0.29) is 25.7 Å². The van der Waals surface area contributed by atoms with Gasteiger partial charge in [0.1, 0.15) is 19.3 Å². The maximum Gasteiger partial charge on any atom is 0.472 e. The molecule has 0 amide bonds. The molecule has 0 aromatic heterocycles. The second-order valence-corrected chi connectivity index (χ2v) is 29.4. The Hall–Kier alpha value is -1.94. The van der Waals surface area contributed by atoms with E-state index in [2.05, 4.69) is 41.5 Å². The predicted molar refractivity (Wildman–Crippen MR) is 368 cm³/mol. The molecule has 0 aromatic rings. The van der Waals surface area contributed by atoms with Crippen LogP contribution in [0.2, 0.25) is 0 Å². The number of phosphoric acid groups is 2. The summed E-state index contributed by atoms with van der Waals surface area (Å²) >= 11 is 0. The average Bonchev–Trinajstić information content (AvgIpc) is 2.26. The number of hydrogen-bond donors (Lipinski definition) is 3. The Bertz CT molecular complexity index is 1770. The van der Waals surface area contributed by atoms with Crippen molar-refractivity contribution in [3.63, 3.8) is 0 Å². The topological polar surface area (TPSA) is 237 Å². The van der Waals surface area contributed by atoms with Gasteiger partial charge in [0.15, 0.2) is 12.2 Å². The first-order chi connectivity index (χ1) is 43.9. The van der Waals surface area contributed by atoms with Crippen molar-refractivity contribution in [3.8, 4) is 0 Å². The van der Waals surface area contributed by atoms with Gasteiger partial charge in [0, 0.05) is 25.7 Å². The molecule has 0 saturated carbocycles. The number of carbonyl (C=O) groups is 4. The van der Waals surface area contributed by atoms with Crippen molar-refractivity contribution >= 4 is 39.5 Å². The summed E-state index contributed by atoms with van der Waals surface area (Å²) in [7, 11) is -9.90. The number of phosphoric ester groups is 2. The molecule has 0 bridgehead atoms. The zero-order chi connectivity index (χ0) is 67.2. The van der Waals surface area contributed by atoms with Gasteiger partial charge in [-0.15, -0.1) is 0 Å². The molecule has 4 unspecified atom stereocenters. The SMILES string of the molecule is CCCCCCCCCCCCCCCCCCCCC(=O)O[C@H](COC(=O)CCCCCCCCCCCCC(C)CC)COP(=O)(O)OC[C@@H](O)COP(=O)(O)OC[C@@H](COC(=O)CCCCCCCCC)OC(=O)CCCCCCCCCCC(C)CC. The molecule has 19 heteroatoms. The van der Waals surface area contributed by atoms with Crippen LogP contribution in [0.15, 0.2) is 0 Å². The smallest absolute Gasteiger partial charge is 0.462 e. The second kappa shape index (κ2) is 64.1. The van der Waals surface area contributed by atoms with E-state index in [9.17, 15) is 43.2 Å². The fourth-order valence-electron chi connectivity index (χ4n) is 10.9. The zero-order valence-electron chi connectivity index (χ0n) is 59.1. The Kier molecular flexibility index (Phi) is 62.7. The van der Waals surface area contributed by atoms with Crippen LogP contribution in [0.1, 0.15) is 369 Å². The van der Waals surface area contributed by atoms with E-state index < -0.39 is 97.5 Å². The second-order valence-electron chi connectivity index (χ2n) is 26.5. The molecule has 3 N–H and O–H groups in total. The van der Waals surface area contributed by atoms with Crippen LogP contribution in [0.25, 0.3) is 0 Å². The number of rotatable bonds is 71. The van der Waals surface area contributed by atoms with Crippen molar-refractivity contribution in [1.82, 2.24) is 0 Å². The summed E-state index contributed by atoms with van der Waals surface area (Å²) in [5, 5.41) is 10.6. The molecule has 0 fully saturated rings. The van der Waals surface area contributed by atoms with Crippen LogP contribution in [0, 0.1) is 11.8 Å². The number of esters is 4.